The minimum absolute atomic E-state index is 0.120. The zero-order valence-corrected chi connectivity index (χ0v) is 12.1. The second-order valence-corrected chi connectivity index (χ2v) is 6.41. The Kier molecular flexibility index (Phi) is 4.81. The maximum Gasteiger partial charge on any atom is 0.226 e. The van der Waals surface area contributed by atoms with Gasteiger partial charge in [0.25, 0.3) is 0 Å². The van der Waals surface area contributed by atoms with Crippen LogP contribution in [0.3, 0.4) is 0 Å². The fraction of sp³-hybridized carbons (Fsp3) is 0.929. The normalized spacial score (nSPS) is 35.9. The van der Waals surface area contributed by atoms with Crippen molar-refractivity contribution in [2.45, 2.75) is 50.3 Å². The van der Waals surface area contributed by atoms with Gasteiger partial charge in [-0.15, -0.1) is 0 Å². The van der Waals surface area contributed by atoms with Crippen molar-refractivity contribution in [3.63, 3.8) is 0 Å². The van der Waals surface area contributed by atoms with E-state index in [0.29, 0.717) is 13.0 Å². The summed E-state index contributed by atoms with van der Waals surface area (Å²) < 4.78 is 0. The number of nitrogens with two attached hydrogens (primary N) is 1. The topological polar surface area (TPSA) is 69.8 Å². The number of β-amino-alcohol motifs (C(OH)–C–C–N with tert-alkyl or cyclic N) is 1. The Morgan fingerprint density at radius 3 is 2.53 bits per heavy atom. The molecule has 2 atom stereocenters. The predicted octanol–water partition coefficient (Wildman–Crippen LogP) is 0.0273. The smallest absolute Gasteiger partial charge is 0.226 e. The fourth-order valence-corrected chi connectivity index (χ4v) is 3.36. The van der Waals surface area contributed by atoms with E-state index in [9.17, 15) is 9.90 Å². The van der Waals surface area contributed by atoms with Gasteiger partial charge in [0.1, 0.15) is 0 Å². The third-order valence-corrected chi connectivity index (χ3v) is 4.37. The summed E-state index contributed by atoms with van der Waals surface area (Å²) in [5.41, 5.74) is 5.89. The molecule has 110 valence electrons. The first-order valence-corrected chi connectivity index (χ1v) is 7.36. The Morgan fingerprint density at radius 1 is 1.32 bits per heavy atom. The van der Waals surface area contributed by atoms with E-state index in [4.69, 9.17) is 5.73 Å². The molecule has 3 N–H and O–H groups in total. The standard InChI is InChI=1S/C14H27N3O2/c1-16(2)8-12-7-13(18)9-17(12)14(19)10-3-5-11(15)6-4-10/h10-13,18H,3-9,15H2,1-2H3. The van der Waals surface area contributed by atoms with Gasteiger partial charge < -0.3 is 20.6 Å². The molecule has 0 aromatic heterocycles. The van der Waals surface area contributed by atoms with Crippen LogP contribution in [0.5, 0.6) is 0 Å². The number of amides is 1. The van der Waals surface area contributed by atoms with Crippen molar-refractivity contribution in [3.05, 3.63) is 0 Å². The van der Waals surface area contributed by atoms with Crippen molar-refractivity contribution in [1.29, 1.82) is 0 Å². The molecule has 1 saturated heterocycles. The van der Waals surface area contributed by atoms with E-state index in [1.54, 1.807) is 0 Å². The predicted molar refractivity (Wildman–Crippen MR) is 74.6 cm³/mol. The number of hydrogen-bond donors (Lipinski definition) is 2. The highest BCUT2D eigenvalue weighted by Gasteiger charge is 2.38. The van der Waals surface area contributed by atoms with Gasteiger partial charge in [0.15, 0.2) is 0 Å². The van der Waals surface area contributed by atoms with E-state index in [1.807, 2.05) is 19.0 Å². The minimum Gasteiger partial charge on any atom is -0.391 e. The molecular formula is C14H27N3O2. The average molecular weight is 269 g/mol. The molecule has 0 spiro atoms. The Balaban J connectivity index is 1.96. The van der Waals surface area contributed by atoms with Crippen molar-refractivity contribution < 1.29 is 9.90 Å². The van der Waals surface area contributed by atoms with E-state index < -0.39 is 0 Å². The number of likely N-dealkylation sites (N-methyl/N-ethyl adjacent to an activating group) is 1. The third-order valence-electron chi connectivity index (χ3n) is 4.37. The number of carbonyl (C=O) groups excluding carboxylic acids is 1. The van der Waals surface area contributed by atoms with E-state index in [2.05, 4.69) is 4.90 Å². The quantitative estimate of drug-likeness (QED) is 0.758. The molecule has 0 aromatic rings. The van der Waals surface area contributed by atoms with Crippen molar-refractivity contribution in [2.24, 2.45) is 11.7 Å². The molecule has 1 heterocycles. The zero-order valence-electron chi connectivity index (χ0n) is 12.1. The number of rotatable bonds is 3. The first kappa shape index (κ1) is 14.8. The van der Waals surface area contributed by atoms with Crippen LogP contribution in [0.4, 0.5) is 0 Å². The molecule has 2 rings (SSSR count). The van der Waals surface area contributed by atoms with Crippen LogP contribution in [-0.4, -0.2) is 66.2 Å². The van der Waals surface area contributed by atoms with Gasteiger partial charge in [-0.25, -0.2) is 0 Å². The molecule has 5 heteroatoms. The average Bonchev–Trinajstić information content (AvgIpc) is 2.69. The second-order valence-electron chi connectivity index (χ2n) is 6.41. The lowest BCUT2D eigenvalue weighted by Gasteiger charge is -2.33. The van der Waals surface area contributed by atoms with E-state index in [1.165, 1.54) is 0 Å². The summed E-state index contributed by atoms with van der Waals surface area (Å²) in [4.78, 5) is 16.6. The number of hydrogen-bond acceptors (Lipinski definition) is 4. The Morgan fingerprint density at radius 2 is 1.95 bits per heavy atom. The van der Waals surface area contributed by atoms with Gasteiger partial charge in [-0.3, -0.25) is 4.79 Å². The van der Waals surface area contributed by atoms with Crippen LogP contribution < -0.4 is 5.73 Å². The summed E-state index contributed by atoms with van der Waals surface area (Å²) in [6.07, 6.45) is 4.05. The molecule has 1 aliphatic carbocycles. The molecule has 2 fully saturated rings. The highest BCUT2D eigenvalue weighted by molar-refractivity contribution is 5.79. The molecule has 0 aromatic carbocycles. The SMILES string of the molecule is CN(C)CC1CC(O)CN1C(=O)C1CCC(N)CC1. The zero-order chi connectivity index (χ0) is 14.0. The number of aliphatic hydroxyl groups is 1. The molecule has 0 radical (unpaired) electrons. The van der Waals surface area contributed by atoms with Crippen LogP contribution in [0.1, 0.15) is 32.1 Å². The monoisotopic (exact) mass is 269 g/mol. The van der Waals surface area contributed by atoms with Gasteiger partial charge in [-0.2, -0.15) is 0 Å². The van der Waals surface area contributed by atoms with E-state index >= 15 is 0 Å². The first-order valence-electron chi connectivity index (χ1n) is 7.36. The van der Waals surface area contributed by atoms with Crippen LogP contribution in [-0.2, 0) is 4.79 Å². The third kappa shape index (κ3) is 3.68. The van der Waals surface area contributed by atoms with Crippen LogP contribution in [0.15, 0.2) is 0 Å². The number of carbonyl (C=O) groups is 1. The van der Waals surface area contributed by atoms with Crippen molar-refractivity contribution in [3.8, 4) is 0 Å². The molecule has 1 amide bonds. The van der Waals surface area contributed by atoms with Gasteiger partial charge in [0.05, 0.1) is 6.10 Å². The maximum atomic E-state index is 12.6. The largest absolute Gasteiger partial charge is 0.391 e. The van der Waals surface area contributed by atoms with Gasteiger partial charge in [0.2, 0.25) is 5.91 Å². The highest BCUT2D eigenvalue weighted by Crippen LogP contribution is 2.28. The first-order chi connectivity index (χ1) is 8.97. The van der Waals surface area contributed by atoms with E-state index in [-0.39, 0.29) is 30.0 Å². The highest BCUT2D eigenvalue weighted by atomic mass is 16.3. The summed E-state index contributed by atoms with van der Waals surface area (Å²) in [5.74, 6) is 0.352. The molecule has 2 aliphatic rings. The summed E-state index contributed by atoms with van der Waals surface area (Å²) in [5, 5.41) is 9.84. The van der Waals surface area contributed by atoms with Crippen LogP contribution >= 0.6 is 0 Å². The van der Waals surface area contributed by atoms with Crippen LogP contribution in [0.2, 0.25) is 0 Å². The van der Waals surface area contributed by atoms with Crippen LogP contribution in [0, 0.1) is 5.92 Å². The van der Waals surface area contributed by atoms with Gasteiger partial charge in [0, 0.05) is 31.1 Å². The minimum atomic E-state index is -0.361. The van der Waals surface area contributed by atoms with Crippen molar-refractivity contribution in [1.82, 2.24) is 9.80 Å². The molecule has 1 aliphatic heterocycles. The molecule has 0 bridgehead atoms. The second kappa shape index (κ2) is 6.20. The Hall–Kier alpha value is -0.650. The van der Waals surface area contributed by atoms with Gasteiger partial charge in [-0.1, -0.05) is 0 Å². The molecular weight excluding hydrogens is 242 g/mol. The molecule has 5 nitrogen and oxygen atoms in total. The Bertz CT molecular complexity index is 314. The lowest BCUT2D eigenvalue weighted by Crippen LogP contribution is -2.45. The molecule has 1 saturated carbocycles. The lowest BCUT2D eigenvalue weighted by atomic mass is 9.85. The van der Waals surface area contributed by atoms with E-state index in [0.717, 1.165) is 32.2 Å². The maximum absolute atomic E-state index is 12.6. The van der Waals surface area contributed by atoms with Crippen molar-refractivity contribution >= 4 is 5.91 Å². The summed E-state index contributed by atoms with van der Waals surface area (Å²) in [7, 11) is 4.01. The summed E-state index contributed by atoms with van der Waals surface area (Å²) >= 11 is 0. The van der Waals surface area contributed by atoms with Gasteiger partial charge >= 0.3 is 0 Å². The molecule has 2 unspecified atom stereocenters. The number of nitrogens with zero attached hydrogens (tertiary/aromatic N) is 2. The van der Waals surface area contributed by atoms with Crippen molar-refractivity contribution in [2.75, 3.05) is 27.2 Å². The van der Waals surface area contributed by atoms with Gasteiger partial charge in [-0.05, 0) is 46.2 Å². The molecule has 19 heavy (non-hydrogen) atoms. The summed E-state index contributed by atoms with van der Waals surface area (Å²) in [6.45, 7) is 1.33. The Labute approximate surface area is 115 Å². The van der Waals surface area contributed by atoms with Crippen LogP contribution in [0.25, 0.3) is 0 Å². The summed E-state index contributed by atoms with van der Waals surface area (Å²) in [6, 6.07) is 0.430. The number of aliphatic hydroxyl groups excluding tert-OH is 1. The number of likely N-dealkylation sites (tertiary alicyclic amines) is 1. The lowest BCUT2D eigenvalue weighted by molar-refractivity contribution is -0.138. The fourth-order valence-electron chi connectivity index (χ4n) is 3.36.